The van der Waals surface area contributed by atoms with Gasteiger partial charge in [0.1, 0.15) is 19.8 Å². The lowest BCUT2D eigenvalue weighted by Crippen LogP contribution is -2.37. The first kappa shape index (κ1) is 85.6. The van der Waals surface area contributed by atoms with E-state index in [0.717, 1.165) is 128 Å². The number of unbranched alkanes of at least 4 members (excludes halogenated alkanes) is 25. The van der Waals surface area contributed by atoms with Gasteiger partial charge in [0.25, 0.3) is 7.82 Å². The molecule has 9 nitrogen and oxygen atoms in total. The summed E-state index contributed by atoms with van der Waals surface area (Å²) < 4.78 is 34.3. The van der Waals surface area contributed by atoms with Gasteiger partial charge in [-0.3, -0.25) is 14.2 Å². The second-order valence-corrected chi connectivity index (χ2v) is 26.2. The number of ether oxygens (including phenoxy) is 2. The van der Waals surface area contributed by atoms with Crippen molar-refractivity contribution >= 4 is 19.8 Å². The summed E-state index contributed by atoms with van der Waals surface area (Å²) in [4.78, 5) is 38.1. The average molecular weight is 1270 g/mol. The zero-order chi connectivity index (χ0) is 65.5. The van der Waals surface area contributed by atoms with Crippen molar-refractivity contribution in [2.75, 3.05) is 47.5 Å². The van der Waals surface area contributed by atoms with Gasteiger partial charge in [-0.2, -0.15) is 0 Å². The molecule has 0 saturated heterocycles. The zero-order valence-corrected chi connectivity index (χ0v) is 59.2. The number of hydrogen-bond acceptors (Lipinski definition) is 8. The third-order valence-corrected chi connectivity index (χ3v) is 16.0. The number of phosphoric acid groups is 1. The lowest BCUT2D eigenvalue weighted by molar-refractivity contribution is -0.870. The summed E-state index contributed by atoms with van der Waals surface area (Å²) in [5, 5.41) is 0. The maximum absolute atomic E-state index is 12.9. The SMILES string of the molecule is CC/C=C\C/C=C\C/C=C\C/C=C\C/C=C\C/C=C\C/C=C\CCCCCCCCCCCCCCCCCCCC(=O)OC(COC(=O)CCCCCCCCCC/C=C\C/C=C\C/C=C\C/C=C\C/C=C\C/C=C\CC)COP(=O)([O-])OCC[N+](C)(C)C. The lowest BCUT2D eigenvalue weighted by atomic mass is 10.0. The number of carbonyl (C=O) groups excluding carboxylic acids is 2. The summed E-state index contributed by atoms with van der Waals surface area (Å²) in [5.74, 6) is -0.845. The van der Waals surface area contributed by atoms with Crippen molar-refractivity contribution in [3.8, 4) is 0 Å². The third kappa shape index (κ3) is 72.7. The van der Waals surface area contributed by atoms with Crippen molar-refractivity contribution in [2.45, 2.75) is 290 Å². The topological polar surface area (TPSA) is 111 Å². The van der Waals surface area contributed by atoms with E-state index < -0.39 is 32.5 Å². The Balaban J connectivity index is 4.05. The number of hydrogen-bond donors (Lipinski definition) is 0. The van der Waals surface area contributed by atoms with Crippen LogP contribution in [0.25, 0.3) is 0 Å². The van der Waals surface area contributed by atoms with E-state index in [9.17, 15) is 19.0 Å². The van der Waals surface area contributed by atoms with E-state index in [4.69, 9.17) is 18.5 Å². The summed E-state index contributed by atoms with van der Waals surface area (Å²) in [5.41, 5.74) is 0. The molecule has 512 valence electrons. The molecule has 0 fully saturated rings. The van der Waals surface area contributed by atoms with Crippen LogP contribution in [0.4, 0.5) is 0 Å². The third-order valence-electron chi connectivity index (χ3n) is 15.0. The first-order chi connectivity index (χ1) is 44.0. The number of carbonyl (C=O) groups is 2. The van der Waals surface area contributed by atoms with Crippen LogP contribution in [0, 0.1) is 0 Å². The smallest absolute Gasteiger partial charge is 0.306 e. The Labute approximate surface area is 554 Å². The minimum Gasteiger partial charge on any atom is -0.756 e. The van der Waals surface area contributed by atoms with Crippen LogP contribution in [0.2, 0.25) is 0 Å². The van der Waals surface area contributed by atoms with E-state index in [0.29, 0.717) is 23.9 Å². The van der Waals surface area contributed by atoms with Crippen LogP contribution in [0.3, 0.4) is 0 Å². The highest BCUT2D eigenvalue weighted by Gasteiger charge is 2.22. The molecule has 0 aliphatic heterocycles. The summed E-state index contributed by atoms with van der Waals surface area (Å²) in [6.45, 7) is 4.01. The van der Waals surface area contributed by atoms with Gasteiger partial charge in [-0.15, -0.1) is 0 Å². The number of likely N-dealkylation sites (N-methyl/N-ethyl adjacent to an activating group) is 1. The molecule has 0 heterocycles. The molecule has 10 heteroatoms. The molecule has 0 N–H and O–H groups in total. The number of rotatable bonds is 65. The summed E-state index contributed by atoms with van der Waals surface area (Å²) in [6, 6.07) is 0. The van der Waals surface area contributed by atoms with Gasteiger partial charge < -0.3 is 27.9 Å². The van der Waals surface area contributed by atoms with Gasteiger partial charge in [-0.25, -0.2) is 0 Å². The molecule has 0 aliphatic rings. The summed E-state index contributed by atoms with van der Waals surface area (Å²) in [6.07, 6.45) is 103. The maximum Gasteiger partial charge on any atom is 0.306 e. The number of esters is 2. The first-order valence-electron chi connectivity index (χ1n) is 36.2. The Bertz CT molecular complexity index is 2080. The summed E-state index contributed by atoms with van der Waals surface area (Å²) in [7, 11) is 1.15. The second-order valence-electron chi connectivity index (χ2n) is 24.8. The molecule has 0 amide bonds. The van der Waals surface area contributed by atoms with E-state index in [1.807, 2.05) is 21.1 Å². The highest BCUT2D eigenvalue weighted by molar-refractivity contribution is 7.45. The molecule has 90 heavy (non-hydrogen) atoms. The van der Waals surface area contributed by atoms with Crippen LogP contribution in [0.15, 0.2) is 158 Å². The quantitative estimate of drug-likeness (QED) is 0.0195. The number of allylic oxidation sites excluding steroid dienone is 26. The predicted octanol–water partition coefficient (Wildman–Crippen LogP) is 23.3. The van der Waals surface area contributed by atoms with Gasteiger partial charge in [-0.1, -0.05) is 307 Å². The second kappa shape index (κ2) is 69.0. The van der Waals surface area contributed by atoms with Crippen molar-refractivity contribution in [1.82, 2.24) is 0 Å². The Hall–Kier alpha value is -4.37. The predicted molar refractivity (Wildman–Crippen MR) is 387 cm³/mol. The highest BCUT2D eigenvalue weighted by atomic mass is 31.2. The van der Waals surface area contributed by atoms with E-state index in [2.05, 4.69) is 172 Å². The number of quaternary nitrogens is 1. The molecule has 0 aromatic heterocycles. The molecule has 0 aromatic carbocycles. The van der Waals surface area contributed by atoms with Crippen LogP contribution in [0.5, 0.6) is 0 Å². The van der Waals surface area contributed by atoms with Crippen molar-refractivity contribution in [1.29, 1.82) is 0 Å². The lowest BCUT2D eigenvalue weighted by Gasteiger charge is -2.28. The molecule has 0 aromatic rings. The minimum atomic E-state index is -4.65. The van der Waals surface area contributed by atoms with Gasteiger partial charge in [0.05, 0.1) is 27.7 Å². The maximum atomic E-state index is 12.9. The van der Waals surface area contributed by atoms with Crippen molar-refractivity contribution in [3.05, 3.63) is 158 Å². The Morgan fingerprint density at radius 2 is 0.600 bits per heavy atom. The molecular weight excluding hydrogens is 1130 g/mol. The van der Waals surface area contributed by atoms with Gasteiger partial charge in [0, 0.05) is 12.8 Å². The van der Waals surface area contributed by atoms with Crippen molar-refractivity contribution in [3.63, 3.8) is 0 Å². The molecule has 0 bridgehead atoms. The highest BCUT2D eigenvalue weighted by Crippen LogP contribution is 2.38. The number of phosphoric ester groups is 1. The first-order valence-corrected chi connectivity index (χ1v) is 37.7. The molecule has 2 atom stereocenters. The van der Waals surface area contributed by atoms with Gasteiger partial charge in [-0.05, 0) is 122 Å². The zero-order valence-electron chi connectivity index (χ0n) is 58.3. The van der Waals surface area contributed by atoms with Crippen LogP contribution in [0.1, 0.15) is 284 Å². The molecular formula is C80H134NO8P. The molecule has 0 saturated carbocycles. The molecule has 0 rings (SSSR count). The normalized spacial score (nSPS) is 14.1. The molecule has 0 aliphatic carbocycles. The van der Waals surface area contributed by atoms with Gasteiger partial charge in [0.15, 0.2) is 6.10 Å². The largest absolute Gasteiger partial charge is 0.756 e. The van der Waals surface area contributed by atoms with Gasteiger partial charge in [0.2, 0.25) is 0 Å². The molecule has 2 unspecified atom stereocenters. The van der Waals surface area contributed by atoms with E-state index in [1.54, 1.807) is 0 Å². The van der Waals surface area contributed by atoms with Crippen LogP contribution < -0.4 is 4.89 Å². The fraction of sp³-hybridized carbons (Fsp3) is 0.650. The fourth-order valence-electron chi connectivity index (χ4n) is 9.58. The Kier molecular flexibility index (Phi) is 65.6. The van der Waals surface area contributed by atoms with Crippen molar-refractivity contribution < 1.29 is 42.1 Å². The number of nitrogens with zero attached hydrogens (tertiary/aromatic N) is 1. The van der Waals surface area contributed by atoms with Crippen LogP contribution >= 0.6 is 7.82 Å². The Morgan fingerprint density at radius 1 is 0.344 bits per heavy atom. The van der Waals surface area contributed by atoms with Crippen LogP contribution in [-0.2, 0) is 32.7 Å². The monoisotopic (exact) mass is 1270 g/mol. The molecule has 0 spiro atoms. The standard InChI is InChI=1S/C80H134NO8P/c1-6-8-10-12-14-16-18-20-22-24-26-28-30-32-34-35-36-37-38-39-40-41-42-43-44-45-47-49-51-53-55-57-59-61-63-65-67-69-71-73-80(83)89-78(77-88-90(84,85)87-75-74-81(3,4)5)76-86-79(82)72-70-68-66-64-62-60-58-56-54-52-50-48-46-33-31-29-27-25-23-21-19-17-15-13-11-9-7-2/h8-11,14-17,20-23,26-29,32-34,36-37,39-40,46,50,52,78H,6-7,12-13,18-19,24-25,30-31,35,38,41-45,47-49,51,53-77H2,1-5H3/b10-8-,11-9-,16-14-,17-15-,22-20-,23-21-,28-26-,29-27-,34-32-,37-36-,40-39-,46-33-,52-50-. The van der Waals surface area contributed by atoms with E-state index in [1.165, 1.54) is 116 Å². The Morgan fingerprint density at radius 3 is 0.889 bits per heavy atom. The molecule has 0 radical (unpaired) electrons. The van der Waals surface area contributed by atoms with E-state index >= 15 is 0 Å². The van der Waals surface area contributed by atoms with E-state index in [-0.39, 0.29) is 26.1 Å². The minimum absolute atomic E-state index is 0.0386. The van der Waals surface area contributed by atoms with Crippen LogP contribution in [-0.4, -0.2) is 70.0 Å². The van der Waals surface area contributed by atoms with Crippen molar-refractivity contribution in [2.24, 2.45) is 0 Å². The average Bonchev–Trinajstić information content (AvgIpc) is 3.58. The summed E-state index contributed by atoms with van der Waals surface area (Å²) >= 11 is 0. The van der Waals surface area contributed by atoms with Gasteiger partial charge >= 0.3 is 11.9 Å². The fourth-order valence-corrected chi connectivity index (χ4v) is 10.3.